The normalized spacial score (nSPS) is 16.5. The summed E-state index contributed by atoms with van der Waals surface area (Å²) in [6.07, 6.45) is 6.69. The fraction of sp³-hybridized carbons (Fsp3) is 0.389. The first-order chi connectivity index (χ1) is 11.5. The molecule has 0 unspecified atom stereocenters. The molecule has 0 spiro atoms. The molecule has 1 aromatic carbocycles. The van der Waals surface area contributed by atoms with Gasteiger partial charge in [0.05, 0.1) is 17.4 Å². The Hall–Kier alpha value is -2.63. The molecule has 6 heteroatoms. The van der Waals surface area contributed by atoms with Crippen LogP contribution in [0.5, 0.6) is 0 Å². The van der Waals surface area contributed by atoms with Crippen LogP contribution in [0.1, 0.15) is 48.0 Å². The maximum atomic E-state index is 12.5. The van der Waals surface area contributed by atoms with E-state index in [0.717, 1.165) is 30.5 Å². The summed E-state index contributed by atoms with van der Waals surface area (Å²) >= 11 is 0. The molecular formula is C18H21N3O3. The summed E-state index contributed by atoms with van der Waals surface area (Å²) < 4.78 is 1.64. The first-order valence-electron chi connectivity index (χ1n) is 8.18. The number of carbonyl (C=O) groups is 2. The lowest BCUT2D eigenvalue weighted by Crippen LogP contribution is -2.55. The summed E-state index contributed by atoms with van der Waals surface area (Å²) in [4.78, 5) is 24.2. The lowest BCUT2D eigenvalue weighted by Gasteiger charge is -2.33. The van der Waals surface area contributed by atoms with Crippen molar-refractivity contribution in [3.63, 3.8) is 0 Å². The quantitative estimate of drug-likeness (QED) is 0.904. The summed E-state index contributed by atoms with van der Waals surface area (Å²) in [6, 6.07) is 7.74. The molecule has 0 radical (unpaired) electrons. The Morgan fingerprint density at radius 1 is 1.21 bits per heavy atom. The number of aliphatic carboxylic acids is 1. The molecule has 1 aliphatic carbocycles. The molecular weight excluding hydrogens is 306 g/mol. The van der Waals surface area contributed by atoms with Crippen molar-refractivity contribution in [2.45, 2.75) is 44.6 Å². The van der Waals surface area contributed by atoms with E-state index in [2.05, 4.69) is 10.4 Å². The van der Waals surface area contributed by atoms with Crippen LogP contribution in [0.15, 0.2) is 36.7 Å². The van der Waals surface area contributed by atoms with Crippen molar-refractivity contribution in [1.29, 1.82) is 0 Å². The van der Waals surface area contributed by atoms with Crippen LogP contribution in [0.4, 0.5) is 0 Å². The van der Waals surface area contributed by atoms with Gasteiger partial charge in [0, 0.05) is 6.20 Å². The van der Waals surface area contributed by atoms with Crippen molar-refractivity contribution < 1.29 is 14.7 Å². The number of aromatic nitrogens is 2. The standard InChI is InChI=1S/C18H21N3O3/c1-13-7-3-4-8-15(13)21-12-14(11-19-21)16(22)20-18(17(23)24)9-5-2-6-10-18/h3-4,7-8,11-12H,2,5-6,9-10H2,1H3,(H,20,22)(H,23,24). The third-order valence-corrected chi connectivity index (χ3v) is 4.68. The molecule has 0 aliphatic heterocycles. The molecule has 0 atom stereocenters. The second-order valence-corrected chi connectivity index (χ2v) is 6.36. The maximum absolute atomic E-state index is 12.5. The number of hydrogen-bond donors (Lipinski definition) is 2. The number of nitrogens with one attached hydrogen (secondary N) is 1. The van der Waals surface area contributed by atoms with Crippen LogP contribution in [0.3, 0.4) is 0 Å². The van der Waals surface area contributed by atoms with Crippen LogP contribution in [-0.4, -0.2) is 32.3 Å². The van der Waals surface area contributed by atoms with Crippen LogP contribution in [0.2, 0.25) is 0 Å². The highest BCUT2D eigenvalue weighted by molar-refractivity contribution is 5.97. The van der Waals surface area contributed by atoms with Gasteiger partial charge in [-0.3, -0.25) is 4.79 Å². The predicted molar refractivity (Wildman–Crippen MR) is 89.2 cm³/mol. The molecule has 1 heterocycles. The molecule has 1 fully saturated rings. The van der Waals surface area contributed by atoms with E-state index in [4.69, 9.17) is 0 Å². The van der Waals surface area contributed by atoms with Crippen LogP contribution < -0.4 is 5.32 Å². The van der Waals surface area contributed by atoms with Crippen molar-refractivity contribution in [3.05, 3.63) is 47.8 Å². The molecule has 1 amide bonds. The van der Waals surface area contributed by atoms with E-state index in [1.807, 2.05) is 31.2 Å². The average Bonchev–Trinajstić information content (AvgIpc) is 3.06. The molecule has 126 valence electrons. The zero-order valence-electron chi connectivity index (χ0n) is 13.7. The number of carboxylic acids is 1. The Morgan fingerprint density at radius 2 is 1.92 bits per heavy atom. The summed E-state index contributed by atoms with van der Waals surface area (Å²) in [5.74, 6) is -1.35. The van der Waals surface area contributed by atoms with Gasteiger partial charge in [-0.25, -0.2) is 9.48 Å². The third kappa shape index (κ3) is 3.04. The number of para-hydroxylation sites is 1. The van der Waals surface area contributed by atoms with Gasteiger partial charge >= 0.3 is 5.97 Å². The second-order valence-electron chi connectivity index (χ2n) is 6.36. The number of amides is 1. The van der Waals surface area contributed by atoms with Gasteiger partial charge in [0.1, 0.15) is 5.54 Å². The van der Waals surface area contributed by atoms with Gasteiger partial charge in [0.2, 0.25) is 0 Å². The van der Waals surface area contributed by atoms with E-state index in [1.165, 1.54) is 6.20 Å². The van der Waals surface area contributed by atoms with Crippen LogP contribution >= 0.6 is 0 Å². The SMILES string of the molecule is Cc1ccccc1-n1cc(C(=O)NC2(C(=O)O)CCCCC2)cn1. The number of hydrogen-bond acceptors (Lipinski definition) is 3. The number of carboxylic acid groups (broad SMARTS) is 1. The van der Waals surface area contributed by atoms with E-state index in [9.17, 15) is 14.7 Å². The summed E-state index contributed by atoms with van der Waals surface area (Å²) in [5.41, 5.74) is 1.15. The third-order valence-electron chi connectivity index (χ3n) is 4.68. The zero-order chi connectivity index (χ0) is 17.2. The molecule has 2 aromatic rings. The van der Waals surface area contributed by atoms with E-state index in [-0.39, 0.29) is 5.91 Å². The molecule has 0 bridgehead atoms. The van der Waals surface area contributed by atoms with Crippen molar-refractivity contribution in [2.75, 3.05) is 0 Å². The molecule has 3 rings (SSSR count). The number of rotatable bonds is 4. The number of carbonyl (C=O) groups excluding carboxylic acids is 1. The Bertz CT molecular complexity index is 760. The fourth-order valence-corrected chi connectivity index (χ4v) is 3.23. The summed E-state index contributed by atoms with van der Waals surface area (Å²) in [6.45, 7) is 1.97. The highest BCUT2D eigenvalue weighted by atomic mass is 16.4. The van der Waals surface area contributed by atoms with E-state index in [1.54, 1.807) is 10.9 Å². The maximum Gasteiger partial charge on any atom is 0.329 e. The smallest absolute Gasteiger partial charge is 0.329 e. The molecule has 6 nitrogen and oxygen atoms in total. The molecule has 2 N–H and O–H groups in total. The van der Waals surface area contributed by atoms with Crippen molar-refractivity contribution >= 4 is 11.9 Å². The lowest BCUT2D eigenvalue weighted by molar-refractivity contribution is -0.145. The van der Waals surface area contributed by atoms with Crippen molar-refractivity contribution in [3.8, 4) is 5.69 Å². The zero-order valence-corrected chi connectivity index (χ0v) is 13.7. The number of aryl methyl sites for hydroxylation is 1. The Kier molecular flexibility index (Phi) is 4.38. The van der Waals surface area contributed by atoms with Crippen LogP contribution in [0.25, 0.3) is 5.69 Å². The minimum atomic E-state index is -1.15. The Labute approximate surface area is 140 Å². The summed E-state index contributed by atoms with van der Waals surface area (Å²) in [5, 5.41) is 16.5. The van der Waals surface area contributed by atoms with Gasteiger partial charge in [-0.05, 0) is 31.4 Å². The lowest BCUT2D eigenvalue weighted by atomic mass is 9.81. The number of nitrogens with zero attached hydrogens (tertiary/aromatic N) is 2. The largest absolute Gasteiger partial charge is 0.480 e. The first kappa shape index (κ1) is 16.2. The fourth-order valence-electron chi connectivity index (χ4n) is 3.23. The molecule has 1 saturated carbocycles. The summed E-state index contributed by atoms with van der Waals surface area (Å²) in [7, 11) is 0. The average molecular weight is 327 g/mol. The highest BCUT2D eigenvalue weighted by Crippen LogP contribution is 2.29. The van der Waals surface area contributed by atoms with E-state index in [0.29, 0.717) is 18.4 Å². The minimum Gasteiger partial charge on any atom is -0.480 e. The van der Waals surface area contributed by atoms with Crippen LogP contribution in [-0.2, 0) is 4.79 Å². The second kappa shape index (κ2) is 6.47. The van der Waals surface area contributed by atoms with Gasteiger partial charge in [0.25, 0.3) is 5.91 Å². The van der Waals surface area contributed by atoms with Gasteiger partial charge in [-0.2, -0.15) is 5.10 Å². The Balaban J connectivity index is 1.81. The van der Waals surface area contributed by atoms with E-state index >= 15 is 0 Å². The highest BCUT2D eigenvalue weighted by Gasteiger charge is 2.41. The molecule has 1 aromatic heterocycles. The topological polar surface area (TPSA) is 84.2 Å². The minimum absolute atomic E-state index is 0.365. The van der Waals surface area contributed by atoms with Gasteiger partial charge in [-0.1, -0.05) is 37.5 Å². The predicted octanol–water partition coefficient (Wildman–Crippen LogP) is 2.70. The molecule has 1 aliphatic rings. The Morgan fingerprint density at radius 3 is 2.58 bits per heavy atom. The van der Waals surface area contributed by atoms with Crippen molar-refractivity contribution in [1.82, 2.24) is 15.1 Å². The van der Waals surface area contributed by atoms with Gasteiger partial charge in [0.15, 0.2) is 0 Å². The van der Waals surface area contributed by atoms with Crippen molar-refractivity contribution in [2.24, 2.45) is 0 Å². The monoisotopic (exact) mass is 327 g/mol. The first-order valence-corrected chi connectivity index (χ1v) is 8.18. The van der Waals surface area contributed by atoms with Crippen LogP contribution in [0, 0.1) is 6.92 Å². The molecule has 0 saturated heterocycles. The van der Waals surface area contributed by atoms with E-state index < -0.39 is 11.5 Å². The van der Waals surface area contributed by atoms with Gasteiger partial charge < -0.3 is 10.4 Å². The van der Waals surface area contributed by atoms with Gasteiger partial charge in [-0.15, -0.1) is 0 Å². The molecule has 24 heavy (non-hydrogen) atoms. The number of benzene rings is 1.